The molecule has 1 fully saturated rings. The van der Waals surface area contributed by atoms with E-state index in [0.717, 1.165) is 0 Å². The minimum Gasteiger partial charge on any atom is -0.494 e. The zero-order chi connectivity index (χ0) is 14.7. The highest BCUT2D eigenvalue weighted by Crippen LogP contribution is 2.21. The number of rotatable bonds is 4. The molecule has 0 aliphatic carbocycles. The van der Waals surface area contributed by atoms with Gasteiger partial charge in [-0.15, -0.1) is 0 Å². The molecule has 1 aromatic rings. The Balaban J connectivity index is 2.08. The van der Waals surface area contributed by atoms with Crippen molar-refractivity contribution in [3.05, 3.63) is 29.6 Å². The molecule has 1 aromatic carbocycles. The number of carboxylic acid groups (broad SMARTS) is 1. The van der Waals surface area contributed by atoms with Crippen LogP contribution in [0.3, 0.4) is 0 Å². The lowest BCUT2D eigenvalue weighted by molar-refractivity contribution is -0.148. The monoisotopic (exact) mass is 281 g/mol. The molecule has 1 amide bonds. The van der Waals surface area contributed by atoms with Crippen LogP contribution in [-0.4, -0.2) is 41.6 Å². The lowest BCUT2D eigenvalue weighted by Crippen LogP contribution is -2.41. The van der Waals surface area contributed by atoms with Crippen LogP contribution in [0.1, 0.15) is 18.4 Å². The van der Waals surface area contributed by atoms with Gasteiger partial charge in [0.05, 0.1) is 13.5 Å². The van der Waals surface area contributed by atoms with Crippen LogP contribution in [0.4, 0.5) is 4.39 Å². The van der Waals surface area contributed by atoms with E-state index in [9.17, 15) is 14.0 Å². The van der Waals surface area contributed by atoms with E-state index in [1.165, 1.54) is 24.1 Å². The average molecular weight is 281 g/mol. The van der Waals surface area contributed by atoms with Gasteiger partial charge in [0.25, 0.3) is 0 Å². The molecule has 0 spiro atoms. The number of nitrogens with zero attached hydrogens (tertiary/aromatic N) is 1. The first kappa shape index (κ1) is 14.3. The first-order chi connectivity index (χ1) is 9.52. The van der Waals surface area contributed by atoms with Gasteiger partial charge in [0.1, 0.15) is 6.04 Å². The number of carboxylic acids is 1. The van der Waals surface area contributed by atoms with Crippen LogP contribution in [0.2, 0.25) is 0 Å². The summed E-state index contributed by atoms with van der Waals surface area (Å²) in [5.74, 6) is -1.70. The Bertz CT molecular complexity index is 532. The highest BCUT2D eigenvalue weighted by atomic mass is 19.1. The van der Waals surface area contributed by atoms with E-state index in [4.69, 9.17) is 9.84 Å². The van der Waals surface area contributed by atoms with Crippen molar-refractivity contribution in [2.24, 2.45) is 0 Å². The molecule has 0 radical (unpaired) electrons. The first-order valence-electron chi connectivity index (χ1n) is 6.37. The van der Waals surface area contributed by atoms with Gasteiger partial charge in [0.2, 0.25) is 5.91 Å². The van der Waals surface area contributed by atoms with E-state index < -0.39 is 17.8 Å². The summed E-state index contributed by atoms with van der Waals surface area (Å²) in [5, 5.41) is 9.04. The molecule has 0 aromatic heterocycles. The van der Waals surface area contributed by atoms with E-state index >= 15 is 0 Å². The van der Waals surface area contributed by atoms with Crippen LogP contribution in [0.25, 0.3) is 0 Å². The van der Waals surface area contributed by atoms with Crippen LogP contribution < -0.4 is 4.74 Å². The van der Waals surface area contributed by atoms with Gasteiger partial charge < -0.3 is 14.7 Å². The second-order valence-electron chi connectivity index (χ2n) is 4.73. The molecule has 1 aliphatic rings. The molecule has 20 heavy (non-hydrogen) atoms. The predicted molar refractivity (Wildman–Crippen MR) is 69.0 cm³/mol. The van der Waals surface area contributed by atoms with Gasteiger partial charge in [-0.1, -0.05) is 6.07 Å². The molecule has 6 heteroatoms. The summed E-state index contributed by atoms with van der Waals surface area (Å²) >= 11 is 0. The third-order valence-corrected chi connectivity index (χ3v) is 3.43. The van der Waals surface area contributed by atoms with Crippen LogP contribution in [0.5, 0.6) is 5.75 Å². The van der Waals surface area contributed by atoms with E-state index in [1.807, 2.05) is 0 Å². The summed E-state index contributed by atoms with van der Waals surface area (Å²) < 4.78 is 18.3. The van der Waals surface area contributed by atoms with Crippen LogP contribution in [-0.2, 0) is 16.0 Å². The Morgan fingerprint density at radius 2 is 2.25 bits per heavy atom. The summed E-state index contributed by atoms with van der Waals surface area (Å²) in [6.45, 7) is 0.439. The summed E-state index contributed by atoms with van der Waals surface area (Å²) in [6.07, 6.45) is 1.14. The number of amides is 1. The maximum absolute atomic E-state index is 13.5. The lowest BCUT2D eigenvalue weighted by Gasteiger charge is -2.21. The largest absolute Gasteiger partial charge is 0.494 e. The summed E-state index contributed by atoms with van der Waals surface area (Å²) in [6, 6.07) is 3.54. The van der Waals surface area contributed by atoms with Crippen LogP contribution in [0.15, 0.2) is 18.2 Å². The molecule has 1 N–H and O–H groups in total. The molecule has 1 atom stereocenters. The molecule has 108 valence electrons. The standard InChI is InChI=1S/C14H16FNO4/c1-20-12-5-4-9(7-10(12)15)8-13(17)16-6-2-3-11(16)14(18)19/h4-5,7,11H,2-3,6,8H2,1H3,(H,18,19)/t11-/m0/s1. The Labute approximate surface area is 116 Å². The number of halogens is 1. The number of hydrogen-bond donors (Lipinski definition) is 1. The van der Waals surface area contributed by atoms with E-state index in [0.29, 0.717) is 24.9 Å². The first-order valence-corrected chi connectivity index (χ1v) is 6.37. The second-order valence-corrected chi connectivity index (χ2v) is 4.73. The number of methoxy groups -OCH3 is 1. The van der Waals surface area contributed by atoms with E-state index in [1.54, 1.807) is 6.07 Å². The number of carbonyl (C=O) groups is 2. The summed E-state index contributed by atoms with van der Waals surface area (Å²) in [7, 11) is 1.37. The molecule has 0 saturated carbocycles. The van der Waals surface area contributed by atoms with Gasteiger partial charge >= 0.3 is 5.97 Å². The Morgan fingerprint density at radius 1 is 1.50 bits per heavy atom. The highest BCUT2D eigenvalue weighted by Gasteiger charge is 2.33. The molecule has 0 bridgehead atoms. The molecule has 0 unspecified atom stereocenters. The maximum Gasteiger partial charge on any atom is 0.326 e. The summed E-state index contributed by atoms with van der Waals surface area (Å²) in [5.41, 5.74) is 0.504. The topological polar surface area (TPSA) is 66.8 Å². The van der Waals surface area contributed by atoms with E-state index in [-0.39, 0.29) is 18.1 Å². The zero-order valence-corrected chi connectivity index (χ0v) is 11.1. The van der Waals surface area contributed by atoms with Crippen LogP contribution >= 0.6 is 0 Å². The number of aliphatic carboxylic acids is 1. The Hall–Kier alpha value is -2.11. The molecular weight excluding hydrogens is 265 g/mol. The van der Waals surface area contributed by atoms with Gasteiger partial charge in [-0.05, 0) is 30.5 Å². The number of benzene rings is 1. The molecule has 1 heterocycles. The van der Waals surface area contributed by atoms with Gasteiger partial charge in [0.15, 0.2) is 11.6 Å². The van der Waals surface area contributed by atoms with Crippen molar-refractivity contribution in [1.29, 1.82) is 0 Å². The van der Waals surface area contributed by atoms with Crippen molar-refractivity contribution in [1.82, 2.24) is 4.90 Å². The quantitative estimate of drug-likeness (QED) is 0.907. The SMILES string of the molecule is COc1ccc(CC(=O)N2CCC[C@H]2C(=O)O)cc1F. The van der Waals surface area contributed by atoms with Gasteiger partial charge in [-0.2, -0.15) is 0 Å². The van der Waals surface area contributed by atoms with Crippen LogP contribution in [0, 0.1) is 5.82 Å². The maximum atomic E-state index is 13.5. The fourth-order valence-corrected chi connectivity index (χ4v) is 2.42. The van der Waals surface area contributed by atoms with Gasteiger partial charge in [-0.3, -0.25) is 4.79 Å². The molecule has 1 aliphatic heterocycles. The highest BCUT2D eigenvalue weighted by molar-refractivity contribution is 5.85. The normalized spacial score (nSPS) is 18.1. The predicted octanol–water partition coefficient (Wildman–Crippen LogP) is 1.45. The second kappa shape index (κ2) is 5.90. The number of carbonyl (C=O) groups excluding carboxylic acids is 1. The zero-order valence-electron chi connectivity index (χ0n) is 11.1. The van der Waals surface area contributed by atoms with Crippen molar-refractivity contribution in [3.8, 4) is 5.75 Å². The number of ether oxygens (including phenoxy) is 1. The summed E-state index contributed by atoms with van der Waals surface area (Å²) in [4.78, 5) is 24.5. The molecular formula is C14H16FNO4. The molecule has 1 saturated heterocycles. The number of hydrogen-bond acceptors (Lipinski definition) is 3. The lowest BCUT2D eigenvalue weighted by atomic mass is 10.1. The average Bonchev–Trinajstić information content (AvgIpc) is 2.88. The van der Waals surface area contributed by atoms with Gasteiger partial charge in [0, 0.05) is 6.54 Å². The number of likely N-dealkylation sites (tertiary alicyclic amines) is 1. The van der Waals surface area contributed by atoms with Crippen molar-refractivity contribution in [2.75, 3.05) is 13.7 Å². The fourth-order valence-electron chi connectivity index (χ4n) is 2.42. The smallest absolute Gasteiger partial charge is 0.326 e. The Kier molecular flexibility index (Phi) is 4.22. The minimum absolute atomic E-state index is 0.00923. The van der Waals surface area contributed by atoms with Gasteiger partial charge in [-0.25, -0.2) is 9.18 Å². The van der Waals surface area contributed by atoms with Crippen molar-refractivity contribution < 1.29 is 23.8 Å². The van der Waals surface area contributed by atoms with E-state index in [2.05, 4.69) is 0 Å². The van der Waals surface area contributed by atoms with Crippen molar-refractivity contribution in [2.45, 2.75) is 25.3 Å². The fraction of sp³-hybridized carbons (Fsp3) is 0.429. The third-order valence-electron chi connectivity index (χ3n) is 3.43. The molecule has 2 rings (SSSR count). The Morgan fingerprint density at radius 3 is 2.85 bits per heavy atom. The molecule has 5 nitrogen and oxygen atoms in total. The minimum atomic E-state index is -0.989. The third kappa shape index (κ3) is 2.89. The van der Waals surface area contributed by atoms with Crippen molar-refractivity contribution in [3.63, 3.8) is 0 Å². The van der Waals surface area contributed by atoms with Crippen molar-refractivity contribution >= 4 is 11.9 Å².